The van der Waals surface area contributed by atoms with Gasteiger partial charge < -0.3 is 10.1 Å². The number of amides is 1. The lowest BCUT2D eigenvalue weighted by molar-refractivity contribution is -0.115. The standard InChI is InChI=1S/C14H13NO3S/c1-18-14(17)11-7-8-19-13(11)15-12(16)9-10-5-3-2-4-6-10/h2-8H,9H2,1H3,(H,15,16). The van der Waals surface area contributed by atoms with Gasteiger partial charge in [-0.2, -0.15) is 0 Å². The quantitative estimate of drug-likeness (QED) is 0.873. The average molecular weight is 275 g/mol. The van der Waals surface area contributed by atoms with Crippen LogP contribution in [0.5, 0.6) is 0 Å². The van der Waals surface area contributed by atoms with Crippen LogP contribution in [-0.2, 0) is 16.0 Å². The zero-order valence-corrected chi connectivity index (χ0v) is 11.2. The summed E-state index contributed by atoms with van der Waals surface area (Å²) in [5, 5.41) is 4.99. The van der Waals surface area contributed by atoms with E-state index < -0.39 is 5.97 Å². The van der Waals surface area contributed by atoms with E-state index in [2.05, 4.69) is 10.1 Å². The van der Waals surface area contributed by atoms with Crippen LogP contribution < -0.4 is 5.32 Å². The van der Waals surface area contributed by atoms with Crippen LogP contribution in [0.2, 0.25) is 0 Å². The van der Waals surface area contributed by atoms with Gasteiger partial charge in [0, 0.05) is 0 Å². The molecule has 1 heterocycles. The first-order valence-electron chi connectivity index (χ1n) is 5.70. The molecular weight excluding hydrogens is 262 g/mol. The zero-order chi connectivity index (χ0) is 13.7. The van der Waals surface area contributed by atoms with Gasteiger partial charge in [0.2, 0.25) is 5.91 Å². The lowest BCUT2D eigenvalue weighted by Gasteiger charge is -2.05. The van der Waals surface area contributed by atoms with E-state index in [1.54, 1.807) is 11.4 Å². The third kappa shape index (κ3) is 3.42. The Morgan fingerprint density at radius 2 is 1.95 bits per heavy atom. The van der Waals surface area contributed by atoms with E-state index in [-0.39, 0.29) is 12.3 Å². The molecule has 0 aliphatic carbocycles. The molecule has 19 heavy (non-hydrogen) atoms. The first-order chi connectivity index (χ1) is 9.20. The topological polar surface area (TPSA) is 55.4 Å². The number of methoxy groups -OCH3 is 1. The number of rotatable bonds is 4. The Balaban J connectivity index is 2.04. The van der Waals surface area contributed by atoms with Gasteiger partial charge in [-0.3, -0.25) is 4.79 Å². The molecule has 1 aromatic heterocycles. The summed E-state index contributed by atoms with van der Waals surface area (Å²) < 4.78 is 4.65. The number of hydrogen-bond acceptors (Lipinski definition) is 4. The predicted octanol–water partition coefficient (Wildman–Crippen LogP) is 2.72. The molecule has 0 unspecified atom stereocenters. The molecular formula is C14H13NO3S. The fraction of sp³-hybridized carbons (Fsp3) is 0.143. The van der Waals surface area contributed by atoms with Crippen LogP contribution in [-0.4, -0.2) is 19.0 Å². The van der Waals surface area contributed by atoms with Crippen LogP contribution in [0.3, 0.4) is 0 Å². The first-order valence-corrected chi connectivity index (χ1v) is 6.58. The summed E-state index contributed by atoms with van der Waals surface area (Å²) in [6, 6.07) is 11.1. The summed E-state index contributed by atoms with van der Waals surface area (Å²) in [6.07, 6.45) is 0.277. The van der Waals surface area contributed by atoms with E-state index in [1.165, 1.54) is 18.4 Å². The van der Waals surface area contributed by atoms with Gasteiger partial charge >= 0.3 is 5.97 Å². The number of esters is 1. The van der Waals surface area contributed by atoms with E-state index in [0.717, 1.165) is 5.56 Å². The first kappa shape index (κ1) is 13.3. The van der Waals surface area contributed by atoms with Gasteiger partial charge in [-0.1, -0.05) is 30.3 Å². The fourth-order valence-corrected chi connectivity index (χ4v) is 2.42. The summed E-state index contributed by atoms with van der Waals surface area (Å²) in [6.45, 7) is 0. The number of ether oxygens (including phenoxy) is 1. The maximum atomic E-state index is 11.9. The van der Waals surface area contributed by atoms with Gasteiger partial charge in [-0.25, -0.2) is 4.79 Å². The van der Waals surface area contributed by atoms with Gasteiger partial charge in [0.05, 0.1) is 19.1 Å². The molecule has 2 aromatic rings. The Labute approximate surface area is 115 Å². The Morgan fingerprint density at radius 1 is 1.21 bits per heavy atom. The number of thiophene rings is 1. The number of hydrogen-bond donors (Lipinski definition) is 1. The molecule has 0 fully saturated rings. The molecule has 0 aliphatic rings. The highest BCUT2D eigenvalue weighted by Crippen LogP contribution is 2.24. The maximum absolute atomic E-state index is 11.9. The number of nitrogens with one attached hydrogen (secondary N) is 1. The van der Waals surface area contributed by atoms with Crippen molar-refractivity contribution in [2.75, 3.05) is 12.4 Å². The molecule has 0 aliphatic heterocycles. The van der Waals surface area contributed by atoms with Gasteiger partial charge in [0.15, 0.2) is 0 Å². The van der Waals surface area contributed by atoms with Crippen LogP contribution in [0, 0.1) is 0 Å². The van der Waals surface area contributed by atoms with Gasteiger partial charge in [-0.15, -0.1) is 11.3 Å². The highest BCUT2D eigenvalue weighted by molar-refractivity contribution is 7.14. The summed E-state index contributed by atoms with van der Waals surface area (Å²) in [5.74, 6) is -0.602. The monoisotopic (exact) mass is 275 g/mol. The van der Waals surface area contributed by atoms with E-state index in [0.29, 0.717) is 10.6 Å². The smallest absolute Gasteiger partial charge is 0.340 e. The molecule has 2 rings (SSSR count). The lowest BCUT2D eigenvalue weighted by Crippen LogP contribution is -2.15. The Morgan fingerprint density at radius 3 is 2.63 bits per heavy atom. The highest BCUT2D eigenvalue weighted by Gasteiger charge is 2.15. The summed E-state index contributed by atoms with van der Waals surface area (Å²) in [7, 11) is 1.32. The van der Waals surface area contributed by atoms with Crippen LogP contribution in [0.25, 0.3) is 0 Å². The van der Waals surface area contributed by atoms with Crippen LogP contribution >= 0.6 is 11.3 Å². The van der Waals surface area contributed by atoms with Crippen molar-refractivity contribution < 1.29 is 14.3 Å². The van der Waals surface area contributed by atoms with Crippen molar-refractivity contribution in [3.63, 3.8) is 0 Å². The van der Waals surface area contributed by atoms with E-state index in [4.69, 9.17) is 0 Å². The molecule has 0 spiro atoms. The number of benzene rings is 1. The van der Waals surface area contributed by atoms with Crippen molar-refractivity contribution in [1.82, 2.24) is 0 Å². The third-order valence-corrected chi connectivity index (χ3v) is 3.36. The van der Waals surface area contributed by atoms with Crippen molar-refractivity contribution in [1.29, 1.82) is 0 Å². The number of anilines is 1. The molecule has 4 nitrogen and oxygen atoms in total. The molecule has 98 valence electrons. The summed E-state index contributed by atoms with van der Waals surface area (Å²) in [5.41, 5.74) is 1.31. The minimum absolute atomic E-state index is 0.154. The van der Waals surface area contributed by atoms with E-state index >= 15 is 0 Å². The second-order valence-electron chi connectivity index (χ2n) is 3.87. The largest absolute Gasteiger partial charge is 0.465 e. The minimum atomic E-state index is -0.448. The van der Waals surface area contributed by atoms with Gasteiger partial charge in [-0.05, 0) is 17.0 Å². The van der Waals surface area contributed by atoms with Crippen LogP contribution in [0.15, 0.2) is 41.8 Å². The molecule has 0 atom stereocenters. The normalized spacial score (nSPS) is 9.95. The average Bonchev–Trinajstić information content (AvgIpc) is 2.87. The second-order valence-corrected chi connectivity index (χ2v) is 4.78. The van der Waals surface area contributed by atoms with Gasteiger partial charge in [0.25, 0.3) is 0 Å². The maximum Gasteiger partial charge on any atom is 0.340 e. The van der Waals surface area contributed by atoms with Crippen molar-refractivity contribution in [2.45, 2.75) is 6.42 Å². The summed E-state index contributed by atoms with van der Waals surface area (Å²) in [4.78, 5) is 23.4. The zero-order valence-electron chi connectivity index (χ0n) is 10.4. The van der Waals surface area contributed by atoms with Crippen molar-refractivity contribution in [3.8, 4) is 0 Å². The predicted molar refractivity (Wildman–Crippen MR) is 74.4 cm³/mol. The second kappa shape index (κ2) is 6.15. The summed E-state index contributed by atoms with van der Waals surface area (Å²) >= 11 is 1.30. The Kier molecular flexibility index (Phi) is 4.30. The lowest BCUT2D eigenvalue weighted by atomic mass is 10.1. The van der Waals surface area contributed by atoms with Crippen molar-refractivity contribution in [2.24, 2.45) is 0 Å². The van der Waals surface area contributed by atoms with Gasteiger partial charge in [0.1, 0.15) is 5.00 Å². The highest BCUT2D eigenvalue weighted by atomic mass is 32.1. The Bertz CT molecular complexity index is 577. The van der Waals surface area contributed by atoms with Crippen LogP contribution in [0.1, 0.15) is 15.9 Å². The molecule has 1 aromatic carbocycles. The molecule has 0 radical (unpaired) electrons. The molecule has 1 N–H and O–H groups in total. The number of carbonyl (C=O) groups is 2. The van der Waals surface area contributed by atoms with Crippen LogP contribution in [0.4, 0.5) is 5.00 Å². The fourth-order valence-electron chi connectivity index (χ4n) is 1.63. The van der Waals surface area contributed by atoms with E-state index in [9.17, 15) is 9.59 Å². The molecule has 5 heteroatoms. The molecule has 0 bridgehead atoms. The molecule has 1 amide bonds. The third-order valence-electron chi connectivity index (χ3n) is 2.53. The minimum Gasteiger partial charge on any atom is -0.465 e. The van der Waals surface area contributed by atoms with Crippen molar-refractivity contribution >= 4 is 28.2 Å². The number of carbonyl (C=O) groups excluding carboxylic acids is 2. The Hall–Kier alpha value is -2.14. The van der Waals surface area contributed by atoms with Crippen molar-refractivity contribution in [3.05, 3.63) is 52.9 Å². The SMILES string of the molecule is COC(=O)c1ccsc1NC(=O)Cc1ccccc1. The molecule has 0 saturated carbocycles. The van der Waals surface area contributed by atoms with E-state index in [1.807, 2.05) is 30.3 Å². The molecule has 0 saturated heterocycles.